The Morgan fingerprint density at radius 3 is 2.71 bits per heavy atom. The summed E-state index contributed by atoms with van der Waals surface area (Å²) in [5.74, 6) is 3.33. The molecule has 1 aliphatic rings. The topological polar surface area (TPSA) is 41.5 Å². The molecule has 0 aromatic heterocycles. The van der Waals surface area contributed by atoms with Gasteiger partial charge in [0.15, 0.2) is 0 Å². The molecule has 2 rings (SSSR count). The molecule has 0 spiro atoms. The molecule has 1 aromatic carbocycles. The lowest BCUT2D eigenvalue weighted by Crippen LogP contribution is -2.38. The van der Waals surface area contributed by atoms with Crippen LogP contribution in [0.2, 0.25) is 0 Å². The molecule has 114 valence electrons. The average molecular weight is 287 g/mol. The Hall–Kier alpha value is -1.50. The van der Waals surface area contributed by atoms with Gasteiger partial charge in [-0.3, -0.25) is 0 Å². The van der Waals surface area contributed by atoms with Crippen molar-refractivity contribution >= 4 is 0 Å². The van der Waals surface area contributed by atoms with E-state index in [0.717, 1.165) is 37.2 Å². The number of terminal acetylenes is 1. The van der Waals surface area contributed by atoms with Crippen LogP contribution in [0.4, 0.5) is 0 Å². The van der Waals surface area contributed by atoms with Crippen molar-refractivity contribution < 1.29 is 9.84 Å². The van der Waals surface area contributed by atoms with Crippen LogP contribution in [0.25, 0.3) is 0 Å². The molecule has 0 bridgehead atoms. The van der Waals surface area contributed by atoms with Gasteiger partial charge in [-0.05, 0) is 18.9 Å². The van der Waals surface area contributed by atoms with Crippen LogP contribution in [0.15, 0.2) is 24.3 Å². The summed E-state index contributed by atoms with van der Waals surface area (Å²) in [6, 6.07) is 7.94. The molecule has 1 aromatic rings. The lowest BCUT2D eigenvalue weighted by molar-refractivity contribution is 0.0810. The molecular formula is C18H25NO2. The molecule has 3 heteroatoms. The Balaban J connectivity index is 1.89. The maximum Gasteiger partial charge on any atom is 0.148 e. The lowest BCUT2D eigenvalue weighted by atomic mass is 9.74. The largest absolute Gasteiger partial charge is 0.481 e. The lowest BCUT2D eigenvalue weighted by Gasteiger charge is -2.35. The van der Waals surface area contributed by atoms with Crippen molar-refractivity contribution in [3.8, 4) is 18.1 Å². The SMILES string of the molecule is C#CCOc1ccccc1CNCC1(CO)CCCCC1. The van der Waals surface area contributed by atoms with E-state index in [2.05, 4.69) is 11.2 Å². The van der Waals surface area contributed by atoms with Crippen molar-refractivity contribution in [3.05, 3.63) is 29.8 Å². The molecule has 0 saturated heterocycles. The minimum absolute atomic E-state index is 0.0624. The molecule has 1 saturated carbocycles. The van der Waals surface area contributed by atoms with Crippen LogP contribution in [0.3, 0.4) is 0 Å². The van der Waals surface area contributed by atoms with Crippen LogP contribution < -0.4 is 10.1 Å². The van der Waals surface area contributed by atoms with Crippen LogP contribution in [0, 0.1) is 17.8 Å². The van der Waals surface area contributed by atoms with Crippen molar-refractivity contribution in [3.63, 3.8) is 0 Å². The average Bonchev–Trinajstić information content (AvgIpc) is 2.55. The van der Waals surface area contributed by atoms with Gasteiger partial charge < -0.3 is 15.2 Å². The second-order valence-corrected chi connectivity index (χ2v) is 5.92. The number of rotatable bonds is 7. The van der Waals surface area contributed by atoms with Crippen LogP contribution in [0.5, 0.6) is 5.75 Å². The highest BCUT2D eigenvalue weighted by atomic mass is 16.5. The van der Waals surface area contributed by atoms with Crippen LogP contribution in [0.1, 0.15) is 37.7 Å². The molecule has 3 nitrogen and oxygen atoms in total. The zero-order valence-electron chi connectivity index (χ0n) is 12.6. The number of benzene rings is 1. The highest BCUT2D eigenvalue weighted by Gasteiger charge is 2.30. The standard InChI is InChI=1S/C18H25NO2/c1-2-12-21-17-9-5-4-8-16(17)13-19-14-18(15-20)10-6-3-7-11-18/h1,4-5,8-9,19-20H,3,6-7,10-15H2. The molecule has 0 amide bonds. The molecule has 0 aliphatic heterocycles. The molecule has 1 aliphatic carbocycles. The van der Waals surface area contributed by atoms with Crippen molar-refractivity contribution in [2.75, 3.05) is 19.8 Å². The fourth-order valence-corrected chi connectivity index (χ4v) is 3.07. The Morgan fingerprint density at radius 2 is 2.00 bits per heavy atom. The smallest absolute Gasteiger partial charge is 0.148 e. The summed E-state index contributed by atoms with van der Waals surface area (Å²) in [6.45, 7) is 2.16. The molecular weight excluding hydrogens is 262 g/mol. The molecule has 0 heterocycles. The first kappa shape index (κ1) is 15.9. The van der Waals surface area contributed by atoms with Crippen LogP contribution in [-0.4, -0.2) is 24.9 Å². The van der Waals surface area contributed by atoms with Gasteiger partial charge in [0.2, 0.25) is 0 Å². The van der Waals surface area contributed by atoms with Gasteiger partial charge in [0.05, 0.1) is 0 Å². The van der Waals surface area contributed by atoms with Gasteiger partial charge in [-0.1, -0.05) is 43.4 Å². The van der Waals surface area contributed by atoms with Gasteiger partial charge in [0.1, 0.15) is 12.4 Å². The second kappa shape index (κ2) is 8.07. The van der Waals surface area contributed by atoms with E-state index in [1.807, 2.05) is 24.3 Å². The number of hydrogen-bond acceptors (Lipinski definition) is 3. The summed E-state index contributed by atoms with van der Waals surface area (Å²) in [7, 11) is 0. The fourth-order valence-electron chi connectivity index (χ4n) is 3.07. The third-order valence-corrected chi connectivity index (χ3v) is 4.35. The zero-order chi connectivity index (χ0) is 15.0. The number of hydrogen-bond donors (Lipinski definition) is 2. The van der Waals surface area contributed by atoms with Gasteiger partial charge in [-0.2, -0.15) is 0 Å². The maximum absolute atomic E-state index is 9.72. The van der Waals surface area contributed by atoms with Crippen molar-refractivity contribution in [1.82, 2.24) is 5.32 Å². The van der Waals surface area contributed by atoms with Crippen LogP contribution in [-0.2, 0) is 6.54 Å². The molecule has 0 radical (unpaired) electrons. The third-order valence-electron chi connectivity index (χ3n) is 4.35. The molecule has 2 N–H and O–H groups in total. The minimum atomic E-state index is 0.0624. The van der Waals surface area contributed by atoms with Crippen LogP contribution >= 0.6 is 0 Å². The first-order valence-corrected chi connectivity index (χ1v) is 7.75. The second-order valence-electron chi connectivity index (χ2n) is 5.92. The first-order valence-electron chi connectivity index (χ1n) is 7.75. The normalized spacial score (nSPS) is 17.1. The van der Waals surface area contributed by atoms with Crippen molar-refractivity contribution in [2.24, 2.45) is 5.41 Å². The van der Waals surface area contributed by atoms with Gasteiger partial charge in [-0.25, -0.2) is 0 Å². The summed E-state index contributed by atoms with van der Waals surface area (Å²) in [5, 5.41) is 13.2. The highest BCUT2D eigenvalue weighted by molar-refractivity contribution is 5.33. The predicted molar refractivity (Wildman–Crippen MR) is 85.1 cm³/mol. The van der Waals surface area contributed by atoms with E-state index in [0.29, 0.717) is 0 Å². The van der Waals surface area contributed by atoms with E-state index < -0.39 is 0 Å². The summed E-state index contributed by atoms with van der Waals surface area (Å²) in [5.41, 5.74) is 1.17. The van der Waals surface area contributed by atoms with E-state index in [9.17, 15) is 5.11 Å². The quantitative estimate of drug-likeness (QED) is 0.758. The number of para-hydroxylation sites is 1. The van der Waals surface area contributed by atoms with Gasteiger partial charge in [0.25, 0.3) is 0 Å². The minimum Gasteiger partial charge on any atom is -0.481 e. The Labute approximate surface area is 127 Å². The van der Waals surface area contributed by atoms with Crippen molar-refractivity contribution in [2.45, 2.75) is 38.6 Å². The zero-order valence-corrected chi connectivity index (χ0v) is 12.6. The Morgan fingerprint density at radius 1 is 1.24 bits per heavy atom. The monoisotopic (exact) mass is 287 g/mol. The Bertz CT molecular complexity index is 472. The maximum atomic E-state index is 9.72. The van der Waals surface area contributed by atoms with E-state index >= 15 is 0 Å². The fraction of sp³-hybridized carbons (Fsp3) is 0.556. The van der Waals surface area contributed by atoms with E-state index in [1.54, 1.807) is 0 Å². The van der Waals surface area contributed by atoms with E-state index in [1.165, 1.54) is 19.3 Å². The summed E-state index contributed by atoms with van der Waals surface area (Å²) in [6.07, 6.45) is 11.2. The summed E-state index contributed by atoms with van der Waals surface area (Å²) in [4.78, 5) is 0. The number of aliphatic hydroxyl groups is 1. The molecule has 1 fully saturated rings. The number of nitrogens with one attached hydrogen (secondary N) is 1. The van der Waals surface area contributed by atoms with Crippen molar-refractivity contribution in [1.29, 1.82) is 0 Å². The molecule has 0 atom stereocenters. The summed E-state index contributed by atoms with van der Waals surface area (Å²) >= 11 is 0. The number of aliphatic hydroxyl groups excluding tert-OH is 1. The van der Waals surface area contributed by atoms with Gasteiger partial charge in [-0.15, -0.1) is 6.42 Å². The first-order chi connectivity index (χ1) is 10.3. The molecule has 21 heavy (non-hydrogen) atoms. The van der Waals surface area contributed by atoms with E-state index in [4.69, 9.17) is 11.2 Å². The number of ether oxygens (including phenoxy) is 1. The predicted octanol–water partition coefficient (Wildman–Crippen LogP) is 2.73. The van der Waals surface area contributed by atoms with E-state index in [-0.39, 0.29) is 18.6 Å². The third kappa shape index (κ3) is 4.49. The van der Waals surface area contributed by atoms with Gasteiger partial charge >= 0.3 is 0 Å². The van der Waals surface area contributed by atoms with Gasteiger partial charge in [0, 0.05) is 30.7 Å². The summed E-state index contributed by atoms with van der Waals surface area (Å²) < 4.78 is 5.55. The highest BCUT2D eigenvalue weighted by Crippen LogP contribution is 2.35. The Kier molecular flexibility index (Phi) is 6.10. The molecule has 0 unspecified atom stereocenters.